The molecule has 0 N–H and O–H groups in total. The summed E-state index contributed by atoms with van der Waals surface area (Å²) >= 11 is 12.3. The lowest BCUT2D eigenvalue weighted by Crippen LogP contribution is -2.01. The van der Waals surface area contributed by atoms with Gasteiger partial charge < -0.3 is 4.57 Å². The quantitative estimate of drug-likeness (QED) is 0.508. The number of fused-ring (bicyclic) bond motifs is 1. The highest BCUT2D eigenvalue weighted by molar-refractivity contribution is 6.36. The Morgan fingerprint density at radius 3 is 2.38 bits per heavy atom. The molecule has 0 atom stereocenters. The number of para-hydroxylation sites is 1. The van der Waals surface area contributed by atoms with Crippen molar-refractivity contribution >= 4 is 39.8 Å². The van der Waals surface area contributed by atoms with Crippen LogP contribution in [0.3, 0.4) is 0 Å². The number of nitrogens with zero attached hydrogens (tertiary/aromatic N) is 2. The molecule has 0 fully saturated rings. The highest BCUT2D eigenvalue weighted by Crippen LogP contribution is 2.30. The molecule has 21 heavy (non-hydrogen) atoms. The van der Waals surface area contributed by atoms with Crippen molar-refractivity contribution in [3.05, 3.63) is 74.4 Å². The molecule has 0 bridgehead atoms. The van der Waals surface area contributed by atoms with Crippen LogP contribution in [0.25, 0.3) is 10.9 Å². The van der Waals surface area contributed by atoms with Crippen LogP contribution in [-0.2, 0) is 6.54 Å². The second kappa shape index (κ2) is 5.39. The number of benzene rings is 2. The van der Waals surface area contributed by atoms with Crippen molar-refractivity contribution < 1.29 is 4.92 Å². The highest BCUT2D eigenvalue weighted by Gasteiger charge is 2.16. The van der Waals surface area contributed by atoms with Crippen LogP contribution < -0.4 is 0 Å². The second-order valence-electron chi connectivity index (χ2n) is 4.62. The average Bonchev–Trinajstić information content (AvgIpc) is 2.86. The lowest BCUT2D eigenvalue weighted by molar-refractivity contribution is -0.383. The maximum absolute atomic E-state index is 11.2. The molecule has 0 radical (unpaired) electrons. The summed E-state index contributed by atoms with van der Waals surface area (Å²) in [6.07, 6.45) is 1.80. The van der Waals surface area contributed by atoms with Crippen LogP contribution in [-0.4, -0.2) is 9.49 Å². The molecule has 3 rings (SSSR count). The van der Waals surface area contributed by atoms with E-state index in [1.165, 1.54) is 6.07 Å². The van der Waals surface area contributed by atoms with Gasteiger partial charge in [0, 0.05) is 33.3 Å². The van der Waals surface area contributed by atoms with Gasteiger partial charge in [-0.1, -0.05) is 41.4 Å². The monoisotopic (exact) mass is 320 g/mol. The first-order valence-electron chi connectivity index (χ1n) is 6.23. The molecule has 1 aromatic heterocycles. The molecule has 0 amide bonds. The summed E-state index contributed by atoms with van der Waals surface area (Å²) in [7, 11) is 0. The minimum Gasteiger partial charge on any atom is -0.337 e. The fourth-order valence-electron chi connectivity index (χ4n) is 2.37. The summed E-state index contributed by atoms with van der Waals surface area (Å²) in [5.41, 5.74) is 1.38. The van der Waals surface area contributed by atoms with Gasteiger partial charge in [0.25, 0.3) is 5.69 Å². The van der Waals surface area contributed by atoms with E-state index in [9.17, 15) is 10.1 Å². The molecule has 2 aromatic carbocycles. The van der Waals surface area contributed by atoms with E-state index in [-0.39, 0.29) is 10.6 Å². The molecular weight excluding hydrogens is 311 g/mol. The van der Waals surface area contributed by atoms with E-state index in [0.717, 1.165) is 10.9 Å². The fraction of sp³-hybridized carbons (Fsp3) is 0.0667. The lowest BCUT2D eigenvalue weighted by atomic mass is 10.2. The van der Waals surface area contributed by atoms with Crippen LogP contribution >= 0.6 is 23.2 Å². The van der Waals surface area contributed by atoms with Gasteiger partial charge in [-0.3, -0.25) is 10.1 Å². The number of halogens is 2. The Kier molecular flexibility index (Phi) is 3.57. The maximum atomic E-state index is 11.2. The van der Waals surface area contributed by atoms with Gasteiger partial charge in [-0.2, -0.15) is 0 Å². The van der Waals surface area contributed by atoms with E-state index in [1.807, 2.05) is 12.1 Å². The van der Waals surface area contributed by atoms with Gasteiger partial charge in [-0.15, -0.1) is 0 Å². The number of rotatable bonds is 3. The summed E-state index contributed by atoms with van der Waals surface area (Å²) in [6.45, 7) is 0.382. The predicted molar refractivity (Wildman–Crippen MR) is 84.2 cm³/mol. The first-order valence-corrected chi connectivity index (χ1v) is 6.98. The van der Waals surface area contributed by atoms with Gasteiger partial charge in [0.2, 0.25) is 0 Å². The first kappa shape index (κ1) is 13.9. The minimum atomic E-state index is -0.382. The molecule has 0 aliphatic heterocycles. The minimum absolute atomic E-state index is 0.0701. The van der Waals surface area contributed by atoms with Crippen molar-refractivity contribution in [1.82, 2.24) is 4.57 Å². The van der Waals surface area contributed by atoms with Gasteiger partial charge in [0.1, 0.15) is 5.52 Å². The summed E-state index contributed by atoms with van der Waals surface area (Å²) in [4.78, 5) is 10.8. The molecule has 3 aromatic rings. The number of nitro benzene ring substituents is 1. The summed E-state index contributed by atoms with van der Waals surface area (Å²) in [5, 5.41) is 13.1. The lowest BCUT2D eigenvalue weighted by Gasteiger charge is -2.09. The largest absolute Gasteiger partial charge is 0.337 e. The van der Waals surface area contributed by atoms with Gasteiger partial charge in [-0.25, -0.2) is 0 Å². The average molecular weight is 321 g/mol. The van der Waals surface area contributed by atoms with E-state index in [0.29, 0.717) is 22.1 Å². The fourth-order valence-corrected chi connectivity index (χ4v) is 2.89. The van der Waals surface area contributed by atoms with Gasteiger partial charge in [0.05, 0.1) is 11.5 Å². The van der Waals surface area contributed by atoms with Gasteiger partial charge in [0.15, 0.2) is 0 Å². The van der Waals surface area contributed by atoms with E-state index >= 15 is 0 Å². The third-order valence-electron chi connectivity index (χ3n) is 3.35. The number of aromatic nitrogens is 1. The third-order valence-corrected chi connectivity index (χ3v) is 4.06. The van der Waals surface area contributed by atoms with E-state index in [4.69, 9.17) is 23.2 Å². The van der Waals surface area contributed by atoms with Crippen molar-refractivity contribution in [2.24, 2.45) is 0 Å². The Bertz CT molecular complexity index is 823. The number of hydrogen-bond acceptors (Lipinski definition) is 2. The molecule has 0 aliphatic rings. The Morgan fingerprint density at radius 2 is 1.71 bits per heavy atom. The smallest absolute Gasteiger partial charge is 0.293 e. The first-order chi connectivity index (χ1) is 10.1. The van der Waals surface area contributed by atoms with Crippen molar-refractivity contribution in [2.75, 3.05) is 0 Å². The Labute approximate surface area is 130 Å². The number of non-ortho nitro benzene ring substituents is 1. The zero-order valence-corrected chi connectivity index (χ0v) is 12.3. The van der Waals surface area contributed by atoms with Gasteiger partial charge >= 0.3 is 0 Å². The normalized spacial score (nSPS) is 11.0. The Hall–Kier alpha value is -2.04. The topological polar surface area (TPSA) is 48.1 Å². The van der Waals surface area contributed by atoms with E-state index in [2.05, 4.69) is 0 Å². The summed E-state index contributed by atoms with van der Waals surface area (Å²) in [5.74, 6) is 0. The molecule has 1 heterocycles. The molecule has 4 nitrogen and oxygen atoms in total. The van der Waals surface area contributed by atoms with Crippen LogP contribution in [0, 0.1) is 10.1 Å². The summed E-state index contributed by atoms with van der Waals surface area (Å²) < 4.78 is 1.79. The molecule has 0 unspecified atom stereocenters. The predicted octanol–water partition coefficient (Wildman–Crippen LogP) is 4.90. The zero-order valence-electron chi connectivity index (χ0n) is 10.8. The number of nitro groups is 1. The van der Waals surface area contributed by atoms with Crippen molar-refractivity contribution in [1.29, 1.82) is 0 Å². The maximum Gasteiger partial charge on any atom is 0.293 e. The highest BCUT2D eigenvalue weighted by atomic mass is 35.5. The van der Waals surface area contributed by atoms with E-state index < -0.39 is 0 Å². The molecular formula is C15H10Cl2N2O2. The van der Waals surface area contributed by atoms with Crippen LogP contribution in [0.1, 0.15) is 5.56 Å². The molecule has 0 saturated carbocycles. The SMILES string of the molecule is O=[N+]([O-])c1cccc2ccn(Cc3c(Cl)cccc3Cl)c12. The third kappa shape index (κ3) is 2.48. The van der Waals surface area contributed by atoms with Gasteiger partial charge in [-0.05, 0) is 18.2 Å². The molecule has 0 saturated heterocycles. The summed E-state index contributed by atoms with van der Waals surface area (Å²) in [6, 6.07) is 12.1. The van der Waals surface area contributed by atoms with E-state index in [1.54, 1.807) is 35.0 Å². The standard InChI is InChI=1S/C15H10Cl2N2O2/c16-12-4-2-5-13(17)11(12)9-18-8-7-10-3-1-6-14(15(10)18)19(20)21/h1-8H,9H2. The van der Waals surface area contributed by atoms with Crippen molar-refractivity contribution in [3.63, 3.8) is 0 Å². The van der Waals surface area contributed by atoms with Crippen LogP contribution in [0.5, 0.6) is 0 Å². The Balaban J connectivity index is 2.16. The van der Waals surface area contributed by atoms with Crippen LogP contribution in [0.2, 0.25) is 10.0 Å². The Morgan fingerprint density at radius 1 is 1.05 bits per heavy atom. The molecule has 0 spiro atoms. The van der Waals surface area contributed by atoms with Crippen LogP contribution in [0.4, 0.5) is 5.69 Å². The van der Waals surface area contributed by atoms with Crippen molar-refractivity contribution in [3.8, 4) is 0 Å². The molecule has 0 aliphatic carbocycles. The molecule has 106 valence electrons. The van der Waals surface area contributed by atoms with Crippen molar-refractivity contribution in [2.45, 2.75) is 6.54 Å². The van der Waals surface area contributed by atoms with Crippen LogP contribution in [0.15, 0.2) is 48.7 Å². The zero-order chi connectivity index (χ0) is 15.0. The number of hydrogen-bond donors (Lipinski definition) is 0. The molecule has 6 heteroatoms. The second-order valence-corrected chi connectivity index (χ2v) is 5.43.